The van der Waals surface area contributed by atoms with E-state index in [1.165, 1.54) is 12.1 Å². The lowest BCUT2D eigenvalue weighted by Crippen LogP contribution is -2.50. The van der Waals surface area contributed by atoms with E-state index in [0.29, 0.717) is 32.1 Å². The van der Waals surface area contributed by atoms with E-state index in [0.717, 1.165) is 5.69 Å². The molecule has 1 aliphatic rings. The Morgan fingerprint density at radius 2 is 1.86 bits per heavy atom. The molecule has 0 spiro atoms. The van der Waals surface area contributed by atoms with Crippen LogP contribution in [0.3, 0.4) is 0 Å². The van der Waals surface area contributed by atoms with Gasteiger partial charge in [-0.25, -0.2) is 4.39 Å². The maximum Gasteiger partial charge on any atom is 0.256 e. The van der Waals surface area contributed by atoms with Crippen molar-refractivity contribution >= 4 is 17.7 Å². The van der Waals surface area contributed by atoms with E-state index < -0.39 is 5.82 Å². The van der Waals surface area contributed by atoms with Crippen molar-refractivity contribution in [2.45, 2.75) is 26.2 Å². The van der Waals surface area contributed by atoms with E-state index in [1.54, 1.807) is 23.1 Å². The lowest BCUT2D eigenvalue weighted by atomic mass is 9.92. The molecule has 150 valence electrons. The van der Waals surface area contributed by atoms with E-state index in [2.05, 4.69) is 10.5 Å². The van der Waals surface area contributed by atoms with Crippen molar-refractivity contribution in [1.29, 1.82) is 0 Å². The van der Waals surface area contributed by atoms with E-state index in [1.807, 2.05) is 25.7 Å². The third-order valence-corrected chi connectivity index (χ3v) is 4.67. The average Bonchev–Trinajstić information content (AvgIpc) is 3.11. The van der Waals surface area contributed by atoms with Gasteiger partial charge < -0.3 is 9.42 Å². The zero-order valence-electron chi connectivity index (χ0n) is 16.4. The molecule has 0 unspecified atom stereocenters. The minimum absolute atomic E-state index is 0.0775. The normalized spacial score (nSPS) is 15.5. The SMILES string of the molecule is CC(C)(C)c1cc(NC(=O)CN2CCN(C(=O)c3ccccc3F)CC2)on1. The van der Waals surface area contributed by atoms with Gasteiger partial charge in [0.2, 0.25) is 11.8 Å². The molecular formula is C20H25FN4O3. The molecule has 28 heavy (non-hydrogen) atoms. The summed E-state index contributed by atoms with van der Waals surface area (Å²) in [5.41, 5.74) is 0.685. The van der Waals surface area contributed by atoms with Crippen LogP contribution in [-0.4, -0.2) is 59.5 Å². The predicted molar refractivity (Wildman–Crippen MR) is 103 cm³/mol. The molecule has 0 bridgehead atoms. The number of nitrogens with zero attached hydrogens (tertiary/aromatic N) is 3. The number of carbonyl (C=O) groups excluding carboxylic acids is 2. The van der Waals surface area contributed by atoms with Crippen LogP contribution in [-0.2, 0) is 10.2 Å². The smallest absolute Gasteiger partial charge is 0.256 e. The maximum atomic E-state index is 13.8. The number of aromatic nitrogens is 1. The van der Waals surface area contributed by atoms with Crippen molar-refractivity contribution in [3.8, 4) is 0 Å². The fraction of sp³-hybridized carbons (Fsp3) is 0.450. The summed E-state index contributed by atoms with van der Waals surface area (Å²) in [6.45, 7) is 8.19. The number of halogens is 1. The molecule has 0 radical (unpaired) electrons. The second-order valence-electron chi connectivity index (χ2n) is 7.92. The van der Waals surface area contributed by atoms with E-state index >= 15 is 0 Å². The molecule has 0 atom stereocenters. The molecule has 8 heteroatoms. The molecule has 1 aromatic carbocycles. The van der Waals surface area contributed by atoms with Crippen molar-refractivity contribution in [1.82, 2.24) is 15.0 Å². The number of hydrogen-bond donors (Lipinski definition) is 1. The van der Waals surface area contributed by atoms with Gasteiger partial charge in [-0.05, 0) is 12.1 Å². The quantitative estimate of drug-likeness (QED) is 0.871. The molecule has 3 rings (SSSR count). The van der Waals surface area contributed by atoms with E-state index in [-0.39, 0.29) is 29.3 Å². The first kappa shape index (κ1) is 20.0. The number of anilines is 1. The minimum Gasteiger partial charge on any atom is -0.338 e. The summed E-state index contributed by atoms with van der Waals surface area (Å²) < 4.78 is 19.0. The molecule has 1 fully saturated rings. The highest BCUT2D eigenvalue weighted by Crippen LogP contribution is 2.23. The molecule has 2 heterocycles. The molecule has 2 amide bonds. The zero-order valence-corrected chi connectivity index (χ0v) is 16.4. The molecule has 1 N–H and O–H groups in total. The summed E-state index contributed by atoms with van der Waals surface area (Å²) in [6.07, 6.45) is 0. The van der Waals surface area contributed by atoms with Gasteiger partial charge in [-0.3, -0.25) is 19.8 Å². The minimum atomic E-state index is -0.518. The number of benzene rings is 1. The van der Waals surface area contributed by atoms with Crippen LogP contribution >= 0.6 is 0 Å². The van der Waals surface area contributed by atoms with Crippen molar-refractivity contribution in [3.05, 3.63) is 47.4 Å². The second-order valence-corrected chi connectivity index (χ2v) is 7.92. The van der Waals surface area contributed by atoms with Crippen LogP contribution in [0.1, 0.15) is 36.8 Å². The van der Waals surface area contributed by atoms with Gasteiger partial charge in [-0.15, -0.1) is 0 Å². The molecule has 1 aliphatic heterocycles. The maximum absolute atomic E-state index is 13.8. The van der Waals surface area contributed by atoms with Crippen LogP contribution < -0.4 is 5.32 Å². The number of carbonyl (C=O) groups is 2. The monoisotopic (exact) mass is 388 g/mol. The zero-order chi connectivity index (χ0) is 20.3. The standard InChI is InChI=1S/C20H25FN4O3/c1-20(2,3)16-12-18(28-23-16)22-17(26)13-24-8-10-25(11-9-24)19(27)14-6-4-5-7-15(14)21/h4-7,12H,8-11,13H2,1-3H3,(H,22,26). The number of rotatable bonds is 4. The molecule has 0 aliphatic carbocycles. The third-order valence-electron chi connectivity index (χ3n) is 4.67. The van der Waals surface area contributed by atoms with Gasteiger partial charge in [-0.1, -0.05) is 38.1 Å². The molecule has 1 aromatic heterocycles. The molecule has 7 nitrogen and oxygen atoms in total. The van der Waals surface area contributed by atoms with Gasteiger partial charge >= 0.3 is 0 Å². The van der Waals surface area contributed by atoms with Crippen LogP contribution in [0.5, 0.6) is 0 Å². The summed E-state index contributed by atoms with van der Waals surface area (Å²) in [4.78, 5) is 28.2. The van der Waals surface area contributed by atoms with Crippen molar-refractivity contribution in [3.63, 3.8) is 0 Å². The molecular weight excluding hydrogens is 363 g/mol. The fourth-order valence-corrected chi connectivity index (χ4v) is 2.98. The highest BCUT2D eigenvalue weighted by atomic mass is 19.1. The Labute approximate surface area is 163 Å². The largest absolute Gasteiger partial charge is 0.338 e. The Morgan fingerprint density at radius 1 is 1.18 bits per heavy atom. The van der Waals surface area contributed by atoms with Gasteiger partial charge in [0.1, 0.15) is 5.82 Å². The first-order valence-corrected chi connectivity index (χ1v) is 9.27. The molecule has 0 saturated carbocycles. The van der Waals surface area contributed by atoms with Crippen LogP contribution in [0, 0.1) is 5.82 Å². The van der Waals surface area contributed by atoms with Crippen LogP contribution in [0.2, 0.25) is 0 Å². The second kappa shape index (κ2) is 8.10. The van der Waals surface area contributed by atoms with Crippen LogP contribution in [0.25, 0.3) is 0 Å². The van der Waals surface area contributed by atoms with Crippen molar-refractivity contribution in [2.24, 2.45) is 0 Å². The Bertz CT molecular complexity index is 851. The third kappa shape index (κ3) is 4.75. The van der Waals surface area contributed by atoms with Gasteiger partial charge in [0, 0.05) is 37.7 Å². The first-order chi connectivity index (χ1) is 13.2. The summed E-state index contributed by atoms with van der Waals surface area (Å²) in [5, 5.41) is 6.68. The molecule has 1 saturated heterocycles. The van der Waals surface area contributed by atoms with Gasteiger partial charge in [-0.2, -0.15) is 0 Å². The van der Waals surface area contributed by atoms with Crippen LogP contribution in [0.4, 0.5) is 10.3 Å². The Morgan fingerprint density at radius 3 is 2.46 bits per heavy atom. The molecule has 2 aromatic rings. The van der Waals surface area contributed by atoms with Gasteiger partial charge in [0.25, 0.3) is 5.91 Å². The lowest BCUT2D eigenvalue weighted by Gasteiger charge is -2.34. The van der Waals surface area contributed by atoms with Gasteiger partial charge in [0.05, 0.1) is 17.8 Å². The number of amides is 2. The summed E-state index contributed by atoms with van der Waals surface area (Å²) >= 11 is 0. The topological polar surface area (TPSA) is 78.7 Å². The van der Waals surface area contributed by atoms with E-state index in [9.17, 15) is 14.0 Å². The Balaban J connectivity index is 1.49. The average molecular weight is 388 g/mol. The predicted octanol–water partition coefficient (Wildman–Crippen LogP) is 2.51. The van der Waals surface area contributed by atoms with Crippen LogP contribution in [0.15, 0.2) is 34.9 Å². The summed E-state index contributed by atoms with van der Waals surface area (Å²) in [6, 6.07) is 7.69. The summed E-state index contributed by atoms with van der Waals surface area (Å²) in [7, 11) is 0. The first-order valence-electron chi connectivity index (χ1n) is 9.27. The lowest BCUT2D eigenvalue weighted by molar-refractivity contribution is -0.117. The highest BCUT2D eigenvalue weighted by Gasteiger charge is 2.25. The number of hydrogen-bond acceptors (Lipinski definition) is 5. The summed E-state index contributed by atoms with van der Waals surface area (Å²) in [5.74, 6) is -0.719. The van der Waals surface area contributed by atoms with E-state index in [4.69, 9.17) is 4.52 Å². The van der Waals surface area contributed by atoms with Gasteiger partial charge in [0.15, 0.2) is 0 Å². The van der Waals surface area contributed by atoms with Crippen molar-refractivity contribution in [2.75, 3.05) is 38.0 Å². The Hall–Kier alpha value is -2.74. The highest BCUT2D eigenvalue weighted by molar-refractivity contribution is 5.94. The Kier molecular flexibility index (Phi) is 5.79. The van der Waals surface area contributed by atoms with Crippen molar-refractivity contribution < 1.29 is 18.5 Å². The fourth-order valence-electron chi connectivity index (χ4n) is 2.98. The number of nitrogens with one attached hydrogen (secondary N) is 1. The number of piperazine rings is 1.